The monoisotopic (exact) mass is 524 g/mol. The maximum absolute atomic E-state index is 13.4. The molecule has 0 bridgehead atoms. The Hall–Kier alpha value is -3.55. The molecule has 6 heteroatoms. The topological polar surface area (TPSA) is 127 Å². The third kappa shape index (κ3) is 7.52. The molecule has 1 amide bonds. The molecule has 0 saturated heterocycles. The Balaban J connectivity index is 1.53. The van der Waals surface area contributed by atoms with E-state index >= 15 is 0 Å². The van der Waals surface area contributed by atoms with Crippen molar-refractivity contribution >= 4 is 11.5 Å². The van der Waals surface area contributed by atoms with Gasteiger partial charge in [-0.05, 0) is 65.1 Å². The summed E-state index contributed by atoms with van der Waals surface area (Å²) in [6.45, 7) is 2.72. The second-order valence-corrected chi connectivity index (χ2v) is 10.5. The molecule has 1 aliphatic rings. The fourth-order valence-electron chi connectivity index (χ4n) is 5.31. The number of benzene rings is 3. The molecule has 204 valence electrons. The van der Waals surface area contributed by atoms with Crippen LogP contribution in [0.25, 0.3) is 5.57 Å². The lowest BCUT2D eigenvalue weighted by molar-refractivity contribution is 0.0903. The first-order valence-corrected chi connectivity index (χ1v) is 13.6. The van der Waals surface area contributed by atoms with Crippen molar-refractivity contribution in [1.29, 1.82) is 0 Å². The van der Waals surface area contributed by atoms with Gasteiger partial charge in [-0.25, -0.2) is 0 Å². The van der Waals surface area contributed by atoms with Crippen molar-refractivity contribution in [3.05, 3.63) is 124 Å². The lowest BCUT2D eigenvalue weighted by Gasteiger charge is -2.28. The van der Waals surface area contributed by atoms with Crippen molar-refractivity contribution in [1.82, 2.24) is 5.32 Å². The van der Waals surface area contributed by atoms with Crippen molar-refractivity contribution in [2.24, 2.45) is 29.0 Å². The van der Waals surface area contributed by atoms with Crippen LogP contribution in [0.3, 0.4) is 0 Å². The largest absolute Gasteiger partial charge is 0.396 e. The Labute approximate surface area is 231 Å². The van der Waals surface area contributed by atoms with E-state index in [1.54, 1.807) is 0 Å². The number of hydrogen-bond acceptors (Lipinski definition) is 5. The third-order valence-electron chi connectivity index (χ3n) is 7.59. The third-order valence-corrected chi connectivity index (χ3v) is 7.59. The number of amides is 1. The molecule has 39 heavy (non-hydrogen) atoms. The number of nitrogens with two attached hydrogens (primary N) is 3. The summed E-state index contributed by atoms with van der Waals surface area (Å²) >= 11 is 0. The highest BCUT2D eigenvalue weighted by Gasteiger charge is 2.25. The molecular weight excluding hydrogens is 484 g/mol. The minimum Gasteiger partial charge on any atom is -0.396 e. The fourth-order valence-corrected chi connectivity index (χ4v) is 5.31. The van der Waals surface area contributed by atoms with E-state index in [0.29, 0.717) is 30.9 Å². The van der Waals surface area contributed by atoms with Crippen LogP contribution in [0.15, 0.2) is 96.6 Å². The van der Waals surface area contributed by atoms with E-state index in [1.807, 2.05) is 78.9 Å². The Morgan fingerprint density at radius 1 is 0.949 bits per heavy atom. The summed E-state index contributed by atoms with van der Waals surface area (Å²) in [7, 11) is 0. The lowest BCUT2D eigenvalue weighted by Crippen LogP contribution is -2.44. The normalized spacial score (nSPS) is 16.8. The van der Waals surface area contributed by atoms with Gasteiger partial charge in [0.05, 0.1) is 6.17 Å². The van der Waals surface area contributed by atoms with Crippen LogP contribution in [0.4, 0.5) is 0 Å². The number of carbonyl (C=O) groups is 1. The van der Waals surface area contributed by atoms with Crippen LogP contribution in [-0.4, -0.2) is 30.2 Å². The van der Waals surface area contributed by atoms with Crippen LogP contribution in [0.5, 0.6) is 0 Å². The number of aliphatic hydroxyl groups is 1. The summed E-state index contributed by atoms with van der Waals surface area (Å²) < 4.78 is 0. The number of rotatable bonds is 11. The smallest absolute Gasteiger partial charge is 0.251 e. The lowest BCUT2D eigenvalue weighted by atomic mass is 9.84. The number of hydrogen-bond donors (Lipinski definition) is 5. The molecule has 0 aromatic heterocycles. The molecule has 3 aromatic rings. The van der Waals surface area contributed by atoms with Gasteiger partial charge in [0, 0.05) is 30.7 Å². The van der Waals surface area contributed by atoms with Gasteiger partial charge in [-0.15, -0.1) is 0 Å². The molecule has 0 aliphatic heterocycles. The summed E-state index contributed by atoms with van der Waals surface area (Å²) in [6.07, 6.45) is 5.82. The quantitative estimate of drug-likeness (QED) is 0.241. The number of carbonyl (C=O) groups excluding carboxylic acids is 1. The van der Waals surface area contributed by atoms with Crippen molar-refractivity contribution < 1.29 is 9.90 Å². The van der Waals surface area contributed by atoms with Gasteiger partial charge in [0.25, 0.3) is 5.91 Å². The second kappa shape index (κ2) is 13.5. The van der Waals surface area contributed by atoms with Gasteiger partial charge in [-0.3, -0.25) is 4.79 Å². The van der Waals surface area contributed by atoms with E-state index in [1.165, 1.54) is 11.1 Å². The molecule has 0 fully saturated rings. The zero-order valence-electron chi connectivity index (χ0n) is 22.6. The van der Waals surface area contributed by atoms with E-state index in [0.717, 1.165) is 28.7 Å². The summed E-state index contributed by atoms with van der Waals surface area (Å²) in [5.74, 6) is 0.0187. The maximum atomic E-state index is 13.4. The average molecular weight is 525 g/mol. The molecule has 0 heterocycles. The van der Waals surface area contributed by atoms with Gasteiger partial charge in [0.1, 0.15) is 0 Å². The van der Waals surface area contributed by atoms with E-state index in [-0.39, 0.29) is 24.5 Å². The van der Waals surface area contributed by atoms with Crippen molar-refractivity contribution in [2.45, 2.75) is 38.4 Å². The molecule has 0 saturated carbocycles. The van der Waals surface area contributed by atoms with Gasteiger partial charge in [0.2, 0.25) is 0 Å². The Kier molecular flexibility index (Phi) is 9.85. The predicted molar refractivity (Wildman–Crippen MR) is 159 cm³/mol. The van der Waals surface area contributed by atoms with Gasteiger partial charge in [0.15, 0.2) is 0 Å². The van der Waals surface area contributed by atoms with Gasteiger partial charge in [-0.1, -0.05) is 91.4 Å². The van der Waals surface area contributed by atoms with Crippen LogP contribution >= 0.6 is 0 Å². The minimum atomic E-state index is -0.564. The van der Waals surface area contributed by atoms with E-state index < -0.39 is 6.17 Å². The van der Waals surface area contributed by atoms with E-state index in [4.69, 9.17) is 17.2 Å². The second-order valence-electron chi connectivity index (χ2n) is 10.5. The standard InChI is InChI=1S/C33H40N4O2/c1-22-16-25(20-34)10-15-30(22)26-11-13-27(14-12-26)33(39)37-31(19-23-6-3-2-4-7-23)29(21-38)18-24-8-5-9-28(17-24)32(35)36/h2-15,17,22,29,31-32,38H,16,18-21,34-36H2,1H3,(H,37,39). The summed E-state index contributed by atoms with van der Waals surface area (Å²) in [5, 5.41) is 13.6. The molecular formula is C33H40N4O2. The molecule has 6 nitrogen and oxygen atoms in total. The predicted octanol–water partition coefficient (Wildman–Crippen LogP) is 4.10. The Morgan fingerprint density at radius 2 is 1.67 bits per heavy atom. The van der Waals surface area contributed by atoms with Crippen molar-refractivity contribution in [3.63, 3.8) is 0 Å². The number of nitrogens with one attached hydrogen (secondary N) is 1. The van der Waals surface area contributed by atoms with E-state index in [9.17, 15) is 9.90 Å². The van der Waals surface area contributed by atoms with Crippen LogP contribution < -0.4 is 22.5 Å². The summed E-state index contributed by atoms with van der Waals surface area (Å²) in [4.78, 5) is 13.4. The molecule has 0 spiro atoms. The fraction of sp³-hybridized carbons (Fsp3) is 0.303. The molecule has 3 atom stereocenters. The average Bonchev–Trinajstić information content (AvgIpc) is 2.96. The first-order chi connectivity index (χ1) is 18.9. The van der Waals surface area contributed by atoms with E-state index in [2.05, 4.69) is 24.4 Å². The van der Waals surface area contributed by atoms with Crippen LogP contribution in [0.1, 0.15) is 52.1 Å². The number of aliphatic hydroxyl groups excluding tert-OH is 1. The van der Waals surface area contributed by atoms with Crippen molar-refractivity contribution in [3.8, 4) is 0 Å². The zero-order valence-corrected chi connectivity index (χ0v) is 22.6. The van der Waals surface area contributed by atoms with Gasteiger partial charge >= 0.3 is 0 Å². The highest BCUT2D eigenvalue weighted by Crippen LogP contribution is 2.32. The van der Waals surface area contributed by atoms with Gasteiger partial charge in [-0.2, -0.15) is 0 Å². The first kappa shape index (κ1) is 28.5. The molecule has 1 aliphatic carbocycles. The van der Waals surface area contributed by atoms with Gasteiger partial charge < -0.3 is 27.6 Å². The minimum absolute atomic E-state index is 0.0695. The van der Waals surface area contributed by atoms with Crippen molar-refractivity contribution in [2.75, 3.05) is 13.2 Å². The molecule has 4 rings (SSSR count). The highest BCUT2D eigenvalue weighted by molar-refractivity contribution is 5.94. The molecule has 0 radical (unpaired) electrons. The van der Waals surface area contributed by atoms with Crippen LogP contribution in [0, 0.1) is 11.8 Å². The zero-order chi connectivity index (χ0) is 27.8. The SMILES string of the molecule is CC1CC(CN)=CC=C1c1ccc(C(=O)NC(Cc2ccccc2)C(CO)Cc2cccc(C(N)N)c2)cc1. The number of allylic oxidation sites excluding steroid dienone is 3. The Morgan fingerprint density at radius 3 is 2.31 bits per heavy atom. The summed E-state index contributed by atoms with van der Waals surface area (Å²) in [6, 6.07) is 25.3. The Bertz CT molecular complexity index is 1300. The van der Waals surface area contributed by atoms with Crippen LogP contribution in [0.2, 0.25) is 0 Å². The molecule has 3 aromatic carbocycles. The summed E-state index contributed by atoms with van der Waals surface area (Å²) in [5.41, 5.74) is 24.7. The van der Waals surface area contributed by atoms with Crippen LogP contribution in [-0.2, 0) is 12.8 Å². The molecule has 8 N–H and O–H groups in total. The molecule has 3 unspecified atom stereocenters. The maximum Gasteiger partial charge on any atom is 0.251 e. The highest BCUT2D eigenvalue weighted by atomic mass is 16.3. The first-order valence-electron chi connectivity index (χ1n) is 13.6.